The molecule has 98 valence electrons. The van der Waals surface area contributed by atoms with Crippen LogP contribution in [0.3, 0.4) is 0 Å². The van der Waals surface area contributed by atoms with Gasteiger partial charge in [0.25, 0.3) is 5.91 Å². The fourth-order valence-corrected chi connectivity index (χ4v) is 2.87. The maximum absolute atomic E-state index is 12.1. The van der Waals surface area contributed by atoms with Gasteiger partial charge in [-0.3, -0.25) is 4.79 Å². The Morgan fingerprint density at radius 3 is 2.53 bits per heavy atom. The third kappa shape index (κ3) is 3.72. The number of nitrogens with two attached hydrogens (primary N) is 1. The average Bonchev–Trinajstić information content (AvgIpc) is 2.31. The predicted octanol–water partition coefficient (Wildman–Crippen LogP) is 4.70. The van der Waals surface area contributed by atoms with Crippen LogP contribution < -0.4 is 11.1 Å². The molecule has 0 unspecified atom stereocenters. The van der Waals surface area contributed by atoms with E-state index in [1.807, 2.05) is 0 Å². The summed E-state index contributed by atoms with van der Waals surface area (Å²) in [6.07, 6.45) is 0. The fourth-order valence-electron chi connectivity index (χ4n) is 1.51. The lowest BCUT2D eigenvalue weighted by Gasteiger charge is -2.08. The van der Waals surface area contributed by atoms with Gasteiger partial charge in [0.2, 0.25) is 0 Å². The van der Waals surface area contributed by atoms with Gasteiger partial charge in [-0.2, -0.15) is 0 Å². The topological polar surface area (TPSA) is 55.1 Å². The van der Waals surface area contributed by atoms with Gasteiger partial charge < -0.3 is 11.1 Å². The molecule has 0 spiro atoms. The fraction of sp³-hybridized carbons (Fsp3) is 0. The van der Waals surface area contributed by atoms with Gasteiger partial charge >= 0.3 is 0 Å². The first kappa shape index (κ1) is 14.4. The average molecular weight is 404 g/mol. The number of nitrogens with one attached hydrogen (secondary N) is 1. The van der Waals surface area contributed by atoms with Crippen LogP contribution in [-0.4, -0.2) is 5.91 Å². The van der Waals surface area contributed by atoms with Gasteiger partial charge in [0.05, 0.1) is 5.69 Å². The van der Waals surface area contributed by atoms with Crippen LogP contribution in [0.2, 0.25) is 5.02 Å². The summed E-state index contributed by atoms with van der Waals surface area (Å²) in [4.78, 5) is 12.1. The third-order valence-electron chi connectivity index (χ3n) is 2.37. The van der Waals surface area contributed by atoms with Crippen molar-refractivity contribution in [1.82, 2.24) is 0 Å². The standard InChI is InChI=1S/C13H9Br2ClN2O/c14-8-3-7(4-9(16)5-8)13(19)18-12-2-1-10(17)6-11(12)15/h1-6H,17H2,(H,18,19). The lowest BCUT2D eigenvalue weighted by molar-refractivity contribution is 0.102. The Morgan fingerprint density at radius 2 is 1.89 bits per heavy atom. The van der Waals surface area contributed by atoms with Crippen molar-refractivity contribution in [3.05, 3.63) is 55.9 Å². The van der Waals surface area contributed by atoms with Crippen LogP contribution in [0.15, 0.2) is 45.3 Å². The minimum atomic E-state index is -0.242. The first-order chi connectivity index (χ1) is 8.95. The van der Waals surface area contributed by atoms with Gasteiger partial charge in [-0.15, -0.1) is 0 Å². The summed E-state index contributed by atoms with van der Waals surface area (Å²) in [5.74, 6) is -0.242. The number of benzene rings is 2. The number of hydrogen-bond acceptors (Lipinski definition) is 2. The molecule has 3 nitrogen and oxygen atoms in total. The van der Waals surface area contributed by atoms with E-state index in [9.17, 15) is 4.79 Å². The van der Waals surface area contributed by atoms with Crippen molar-refractivity contribution in [1.29, 1.82) is 0 Å². The maximum atomic E-state index is 12.1. The predicted molar refractivity (Wildman–Crippen MR) is 85.7 cm³/mol. The number of hydrogen-bond donors (Lipinski definition) is 2. The van der Waals surface area contributed by atoms with Gasteiger partial charge in [0.1, 0.15) is 0 Å². The normalized spacial score (nSPS) is 10.3. The van der Waals surface area contributed by atoms with E-state index in [2.05, 4.69) is 37.2 Å². The van der Waals surface area contributed by atoms with Crippen molar-refractivity contribution in [2.45, 2.75) is 0 Å². The van der Waals surface area contributed by atoms with E-state index in [4.69, 9.17) is 17.3 Å². The SMILES string of the molecule is Nc1ccc(NC(=O)c2cc(Cl)cc(Br)c2)c(Br)c1. The zero-order valence-electron chi connectivity index (χ0n) is 9.58. The molecule has 0 fully saturated rings. The zero-order valence-corrected chi connectivity index (χ0v) is 13.5. The van der Waals surface area contributed by atoms with Crippen molar-refractivity contribution in [3.63, 3.8) is 0 Å². The van der Waals surface area contributed by atoms with Crippen LogP contribution in [0.1, 0.15) is 10.4 Å². The summed E-state index contributed by atoms with van der Waals surface area (Å²) < 4.78 is 1.48. The first-order valence-corrected chi connectivity index (χ1v) is 7.24. The monoisotopic (exact) mass is 402 g/mol. The highest BCUT2D eigenvalue weighted by atomic mass is 79.9. The highest BCUT2D eigenvalue weighted by Gasteiger charge is 2.10. The Labute approximate surface area is 132 Å². The summed E-state index contributed by atoms with van der Waals surface area (Å²) in [7, 11) is 0. The quantitative estimate of drug-likeness (QED) is 0.713. The van der Waals surface area contributed by atoms with E-state index >= 15 is 0 Å². The summed E-state index contributed by atoms with van der Waals surface area (Å²) >= 11 is 12.6. The second-order valence-corrected chi connectivity index (χ2v) is 6.06. The molecule has 0 aliphatic heterocycles. The van der Waals surface area contributed by atoms with Gasteiger partial charge in [-0.25, -0.2) is 0 Å². The Kier molecular flexibility index (Phi) is 4.50. The van der Waals surface area contributed by atoms with Crippen molar-refractivity contribution in [3.8, 4) is 0 Å². The van der Waals surface area contributed by atoms with Crippen molar-refractivity contribution in [2.24, 2.45) is 0 Å². The summed E-state index contributed by atoms with van der Waals surface area (Å²) in [5.41, 5.74) is 7.39. The smallest absolute Gasteiger partial charge is 0.255 e. The number of nitrogen functional groups attached to an aromatic ring is 1. The summed E-state index contributed by atoms with van der Waals surface area (Å²) in [6.45, 7) is 0. The molecule has 3 N–H and O–H groups in total. The highest BCUT2D eigenvalue weighted by molar-refractivity contribution is 9.10. The maximum Gasteiger partial charge on any atom is 0.255 e. The van der Waals surface area contributed by atoms with Crippen LogP contribution in [0, 0.1) is 0 Å². The molecule has 0 aromatic heterocycles. The molecule has 1 amide bonds. The Morgan fingerprint density at radius 1 is 1.16 bits per heavy atom. The molecular formula is C13H9Br2ClN2O. The van der Waals surface area contributed by atoms with Gasteiger partial charge in [0, 0.05) is 25.2 Å². The minimum absolute atomic E-state index is 0.242. The molecule has 0 bridgehead atoms. The lowest BCUT2D eigenvalue weighted by atomic mass is 10.2. The summed E-state index contributed by atoms with van der Waals surface area (Å²) in [6, 6.07) is 10.2. The molecular weight excluding hydrogens is 395 g/mol. The number of amides is 1. The van der Waals surface area contributed by atoms with Gasteiger partial charge in [-0.05, 0) is 52.3 Å². The number of carbonyl (C=O) groups excluding carboxylic acids is 1. The lowest BCUT2D eigenvalue weighted by Crippen LogP contribution is -2.12. The van der Waals surface area contributed by atoms with Crippen molar-refractivity contribution in [2.75, 3.05) is 11.1 Å². The molecule has 0 aliphatic carbocycles. The first-order valence-electron chi connectivity index (χ1n) is 5.28. The van der Waals surface area contributed by atoms with Crippen molar-refractivity contribution >= 4 is 60.7 Å². The minimum Gasteiger partial charge on any atom is -0.399 e. The highest BCUT2D eigenvalue weighted by Crippen LogP contribution is 2.26. The third-order valence-corrected chi connectivity index (χ3v) is 3.70. The molecule has 0 radical (unpaired) electrons. The van der Waals surface area contributed by atoms with E-state index in [1.54, 1.807) is 36.4 Å². The number of rotatable bonds is 2. The van der Waals surface area contributed by atoms with Crippen LogP contribution in [0.25, 0.3) is 0 Å². The molecule has 2 aromatic rings. The summed E-state index contributed by atoms with van der Waals surface area (Å²) in [5, 5.41) is 3.28. The van der Waals surface area contributed by atoms with Crippen LogP contribution >= 0.6 is 43.5 Å². The second-order valence-electron chi connectivity index (χ2n) is 3.85. The number of anilines is 2. The molecule has 0 heterocycles. The van der Waals surface area contributed by atoms with Crippen molar-refractivity contribution < 1.29 is 4.79 Å². The van der Waals surface area contributed by atoms with E-state index in [0.29, 0.717) is 22.0 Å². The Hall–Kier alpha value is -1.04. The number of carbonyl (C=O) groups is 1. The Bertz CT molecular complexity index is 626. The van der Waals surface area contributed by atoms with Crippen LogP contribution in [0.4, 0.5) is 11.4 Å². The second kappa shape index (κ2) is 5.94. The van der Waals surface area contributed by atoms with Gasteiger partial charge in [-0.1, -0.05) is 27.5 Å². The van der Waals surface area contributed by atoms with Crippen LogP contribution in [0.5, 0.6) is 0 Å². The van der Waals surface area contributed by atoms with E-state index in [-0.39, 0.29) is 5.91 Å². The molecule has 0 saturated heterocycles. The molecule has 0 aliphatic rings. The van der Waals surface area contributed by atoms with E-state index in [0.717, 1.165) is 8.95 Å². The molecule has 6 heteroatoms. The van der Waals surface area contributed by atoms with Crippen LogP contribution in [-0.2, 0) is 0 Å². The molecule has 19 heavy (non-hydrogen) atoms. The zero-order chi connectivity index (χ0) is 14.0. The van der Waals surface area contributed by atoms with E-state index in [1.165, 1.54) is 0 Å². The molecule has 0 saturated carbocycles. The molecule has 2 rings (SSSR count). The molecule has 0 atom stereocenters. The molecule has 2 aromatic carbocycles. The Balaban J connectivity index is 2.25. The largest absolute Gasteiger partial charge is 0.399 e. The number of halogens is 3. The van der Waals surface area contributed by atoms with Gasteiger partial charge in [0.15, 0.2) is 0 Å². The van der Waals surface area contributed by atoms with E-state index < -0.39 is 0 Å².